The number of benzene rings is 2. The monoisotopic (exact) mass is 382 g/mol. The highest BCUT2D eigenvalue weighted by Gasteiger charge is 2.48. The van der Waals surface area contributed by atoms with Gasteiger partial charge in [0.15, 0.2) is 0 Å². The lowest BCUT2D eigenvalue weighted by Crippen LogP contribution is -2.41. The van der Waals surface area contributed by atoms with Gasteiger partial charge in [-0.1, -0.05) is 37.6 Å². The van der Waals surface area contributed by atoms with Crippen LogP contribution in [-0.2, 0) is 16.8 Å². The molecule has 3 amide bonds. The van der Waals surface area contributed by atoms with Crippen LogP contribution < -0.4 is 14.8 Å². The van der Waals surface area contributed by atoms with Crippen LogP contribution in [0.2, 0.25) is 0 Å². The Bertz CT molecular complexity index is 833. The molecule has 1 heterocycles. The van der Waals surface area contributed by atoms with Gasteiger partial charge in [0, 0.05) is 0 Å². The molecule has 148 valence electrons. The minimum absolute atomic E-state index is 0.181. The zero-order valence-corrected chi connectivity index (χ0v) is 16.5. The molecular formula is C22H26N2O4. The van der Waals surface area contributed by atoms with E-state index < -0.39 is 11.6 Å². The Hall–Kier alpha value is -3.02. The van der Waals surface area contributed by atoms with Crippen LogP contribution in [0.15, 0.2) is 48.5 Å². The molecule has 1 aliphatic rings. The Morgan fingerprint density at radius 3 is 2.25 bits per heavy atom. The Kier molecular flexibility index (Phi) is 5.87. The van der Waals surface area contributed by atoms with Crippen molar-refractivity contribution in [2.45, 2.75) is 32.2 Å². The maximum atomic E-state index is 12.9. The van der Waals surface area contributed by atoms with E-state index in [0.29, 0.717) is 5.75 Å². The molecule has 3 rings (SSSR count). The fourth-order valence-corrected chi connectivity index (χ4v) is 3.32. The molecule has 1 atom stereocenters. The van der Waals surface area contributed by atoms with Crippen LogP contribution in [0, 0.1) is 0 Å². The molecule has 0 spiro atoms. The molecule has 0 radical (unpaired) electrons. The van der Waals surface area contributed by atoms with Crippen molar-refractivity contribution in [1.82, 2.24) is 10.2 Å². The summed E-state index contributed by atoms with van der Waals surface area (Å²) >= 11 is 0. The van der Waals surface area contributed by atoms with Gasteiger partial charge in [-0.3, -0.25) is 9.69 Å². The van der Waals surface area contributed by atoms with Crippen LogP contribution >= 0.6 is 0 Å². The second kappa shape index (κ2) is 8.33. The summed E-state index contributed by atoms with van der Waals surface area (Å²) in [5, 5.41) is 2.83. The van der Waals surface area contributed by atoms with E-state index in [1.165, 1.54) is 10.5 Å². The summed E-state index contributed by atoms with van der Waals surface area (Å²) < 4.78 is 10.8. The van der Waals surface area contributed by atoms with E-state index in [2.05, 4.69) is 12.2 Å². The van der Waals surface area contributed by atoms with E-state index in [9.17, 15) is 9.59 Å². The number of methoxy groups -OCH3 is 1. The SMILES string of the molecule is CCCc1ccc(C2(C)NC(=O)N(CCOc3ccc(OC)cc3)C2=O)cc1. The Morgan fingerprint density at radius 1 is 1.00 bits per heavy atom. The van der Waals surface area contributed by atoms with Crippen molar-refractivity contribution in [3.63, 3.8) is 0 Å². The van der Waals surface area contributed by atoms with Crippen molar-refractivity contribution in [2.24, 2.45) is 0 Å². The second-order valence-corrected chi connectivity index (χ2v) is 6.98. The number of carbonyl (C=O) groups is 2. The van der Waals surface area contributed by atoms with E-state index in [1.54, 1.807) is 38.3 Å². The molecule has 2 aromatic carbocycles. The molecule has 1 fully saturated rings. The van der Waals surface area contributed by atoms with Crippen LogP contribution in [0.1, 0.15) is 31.4 Å². The lowest BCUT2D eigenvalue weighted by atomic mass is 9.91. The minimum Gasteiger partial charge on any atom is -0.497 e. The summed E-state index contributed by atoms with van der Waals surface area (Å²) in [7, 11) is 1.60. The number of imide groups is 1. The minimum atomic E-state index is -1.05. The number of carbonyl (C=O) groups excluding carboxylic acids is 2. The summed E-state index contributed by atoms with van der Waals surface area (Å²) in [6.45, 7) is 4.27. The first-order valence-electron chi connectivity index (χ1n) is 9.48. The molecule has 1 saturated heterocycles. The summed E-state index contributed by atoms with van der Waals surface area (Å²) in [6.07, 6.45) is 2.06. The largest absolute Gasteiger partial charge is 0.497 e. The number of hydrogen-bond donors (Lipinski definition) is 1. The van der Waals surface area contributed by atoms with E-state index in [-0.39, 0.29) is 19.1 Å². The first-order chi connectivity index (χ1) is 13.5. The summed E-state index contributed by atoms with van der Waals surface area (Å²) in [5.41, 5.74) is 0.947. The summed E-state index contributed by atoms with van der Waals surface area (Å²) in [5.74, 6) is 1.13. The lowest BCUT2D eigenvalue weighted by molar-refractivity contribution is -0.131. The van der Waals surface area contributed by atoms with Crippen LogP contribution in [0.5, 0.6) is 11.5 Å². The predicted octanol–water partition coefficient (Wildman–Crippen LogP) is 3.49. The second-order valence-electron chi connectivity index (χ2n) is 6.98. The highest BCUT2D eigenvalue weighted by molar-refractivity contribution is 6.07. The number of amides is 3. The predicted molar refractivity (Wildman–Crippen MR) is 107 cm³/mol. The fraction of sp³-hybridized carbons (Fsp3) is 0.364. The third-order valence-corrected chi connectivity index (χ3v) is 4.99. The van der Waals surface area contributed by atoms with Gasteiger partial charge in [-0.2, -0.15) is 0 Å². The highest BCUT2D eigenvalue weighted by Crippen LogP contribution is 2.29. The molecular weight excluding hydrogens is 356 g/mol. The number of rotatable bonds is 8. The van der Waals surface area contributed by atoms with Gasteiger partial charge < -0.3 is 14.8 Å². The van der Waals surface area contributed by atoms with Gasteiger partial charge in [0.2, 0.25) is 0 Å². The quantitative estimate of drug-likeness (QED) is 0.710. The van der Waals surface area contributed by atoms with E-state index >= 15 is 0 Å². The Balaban J connectivity index is 1.63. The molecule has 0 aromatic heterocycles. The van der Waals surface area contributed by atoms with Gasteiger partial charge in [-0.15, -0.1) is 0 Å². The molecule has 0 bridgehead atoms. The standard InChI is InChI=1S/C22H26N2O4/c1-4-5-16-6-8-17(9-7-16)22(2)20(25)24(21(26)23-22)14-15-28-19-12-10-18(27-3)11-13-19/h6-13H,4-5,14-15H2,1-3H3,(H,23,26). The highest BCUT2D eigenvalue weighted by atomic mass is 16.5. The van der Waals surface area contributed by atoms with Crippen molar-refractivity contribution >= 4 is 11.9 Å². The Labute approximate surface area is 165 Å². The molecule has 28 heavy (non-hydrogen) atoms. The third kappa shape index (κ3) is 3.96. The van der Waals surface area contributed by atoms with Gasteiger partial charge in [0.05, 0.1) is 13.7 Å². The van der Waals surface area contributed by atoms with Crippen LogP contribution in [-0.4, -0.2) is 37.1 Å². The smallest absolute Gasteiger partial charge is 0.325 e. The average Bonchev–Trinajstić information content (AvgIpc) is 2.93. The van der Waals surface area contributed by atoms with Crippen molar-refractivity contribution in [3.05, 3.63) is 59.7 Å². The van der Waals surface area contributed by atoms with Gasteiger partial charge in [0.25, 0.3) is 5.91 Å². The molecule has 6 nitrogen and oxygen atoms in total. The summed E-state index contributed by atoms with van der Waals surface area (Å²) in [6, 6.07) is 14.6. The van der Waals surface area contributed by atoms with Crippen molar-refractivity contribution in [2.75, 3.05) is 20.3 Å². The van der Waals surface area contributed by atoms with Gasteiger partial charge in [-0.05, 0) is 48.7 Å². The lowest BCUT2D eigenvalue weighted by Gasteiger charge is -2.22. The first-order valence-corrected chi connectivity index (χ1v) is 9.48. The number of nitrogens with zero attached hydrogens (tertiary/aromatic N) is 1. The van der Waals surface area contributed by atoms with Gasteiger partial charge in [0.1, 0.15) is 23.6 Å². The Morgan fingerprint density at radius 2 is 1.64 bits per heavy atom. The molecule has 0 aliphatic carbocycles. The zero-order chi connectivity index (χ0) is 20.1. The normalized spacial score (nSPS) is 18.9. The van der Waals surface area contributed by atoms with E-state index in [4.69, 9.17) is 9.47 Å². The number of urea groups is 1. The number of aryl methyl sites for hydroxylation is 1. The molecule has 0 saturated carbocycles. The zero-order valence-electron chi connectivity index (χ0n) is 16.5. The number of hydrogen-bond acceptors (Lipinski definition) is 4. The van der Waals surface area contributed by atoms with Crippen LogP contribution in [0.3, 0.4) is 0 Å². The van der Waals surface area contributed by atoms with E-state index in [0.717, 1.165) is 24.2 Å². The topological polar surface area (TPSA) is 67.9 Å². The molecule has 1 N–H and O–H groups in total. The number of ether oxygens (including phenoxy) is 2. The third-order valence-electron chi connectivity index (χ3n) is 4.99. The fourth-order valence-electron chi connectivity index (χ4n) is 3.32. The number of nitrogens with one attached hydrogen (secondary N) is 1. The average molecular weight is 382 g/mol. The molecule has 6 heteroatoms. The molecule has 1 unspecified atom stereocenters. The molecule has 2 aromatic rings. The maximum absolute atomic E-state index is 12.9. The van der Waals surface area contributed by atoms with Crippen LogP contribution in [0.25, 0.3) is 0 Å². The van der Waals surface area contributed by atoms with Gasteiger partial charge >= 0.3 is 6.03 Å². The van der Waals surface area contributed by atoms with Crippen LogP contribution in [0.4, 0.5) is 4.79 Å². The summed E-state index contributed by atoms with van der Waals surface area (Å²) in [4.78, 5) is 26.5. The molecule has 1 aliphatic heterocycles. The van der Waals surface area contributed by atoms with Crippen molar-refractivity contribution in [1.29, 1.82) is 0 Å². The first kappa shape index (κ1) is 19.7. The van der Waals surface area contributed by atoms with Crippen molar-refractivity contribution < 1.29 is 19.1 Å². The maximum Gasteiger partial charge on any atom is 0.325 e. The van der Waals surface area contributed by atoms with E-state index in [1.807, 2.05) is 24.3 Å². The van der Waals surface area contributed by atoms with Gasteiger partial charge in [-0.25, -0.2) is 4.79 Å². The van der Waals surface area contributed by atoms with Crippen molar-refractivity contribution in [3.8, 4) is 11.5 Å².